The molecule has 2 aliphatic heterocycles. The standard InChI is InChI=1S/C22H28N2O2/c1-23-12-10-22(11-13-23)17-24(15-18-6-5-8-20(14-18)25-2)16-19-7-3-4-9-21(19)26-22/h3-9,14H,10-13,15-17H2,1-2H3. The van der Waals surface area contributed by atoms with Gasteiger partial charge in [0.25, 0.3) is 0 Å². The van der Waals surface area contributed by atoms with E-state index in [1.807, 2.05) is 6.07 Å². The molecule has 0 aliphatic carbocycles. The van der Waals surface area contributed by atoms with Crippen molar-refractivity contribution in [3.05, 3.63) is 59.7 Å². The van der Waals surface area contributed by atoms with Gasteiger partial charge in [0.1, 0.15) is 17.1 Å². The molecule has 4 rings (SSSR count). The monoisotopic (exact) mass is 352 g/mol. The maximum absolute atomic E-state index is 6.65. The molecule has 0 N–H and O–H groups in total. The topological polar surface area (TPSA) is 24.9 Å². The zero-order valence-electron chi connectivity index (χ0n) is 15.8. The highest BCUT2D eigenvalue weighted by Gasteiger charge is 2.40. The summed E-state index contributed by atoms with van der Waals surface area (Å²) in [5.41, 5.74) is 2.48. The van der Waals surface area contributed by atoms with Crippen LogP contribution in [-0.4, -0.2) is 49.2 Å². The van der Waals surface area contributed by atoms with Gasteiger partial charge in [0.15, 0.2) is 0 Å². The van der Waals surface area contributed by atoms with E-state index in [1.165, 1.54) is 11.1 Å². The predicted molar refractivity (Wildman–Crippen MR) is 104 cm³/mol. The van der Waals surface area contributed by atoms with Crippen molar-refractivity contribution in [2.24, 2.45) is 0 Å². The number of methoxy groups -OCH3 is 1. The van der Waals surface area contributed by atoms with Crippen molar-refractivity contribution in [1.82, 2.24) is 9.80 Å². The van der Waals surface area contributed by atoms with Crippen molar-refractivity contribution in [2.45, 2.75) is 31.5 Å². The molecular weight excluding hydrogens is 324 g/mol. The van der Waals surface area contributed by atoms with E-state index in [2.05, 4.69) is 59.3 Å². The number of hydrogen-bond acceptors (Lipinski definition) is 4. The second-order valence-corrected chi connectivity index (χ2v) is 7.69. The van der Waals surface area contributed by atoms with Gasteiger partial charge in [-0.2, -0.15) is 0 Å². The van der Waals surface area contributed by atoms with Gasteiger partial charge in [-0.1, -0.05) is 30.3 Å². The number of ether oxygens (including phenoxy) is 2. The second kappa shape index (κ2) is 7.29. The van der Waals surface area contributed by atoms with E-state index in [-0.39, 0.29) is 5.60 Å². The Morgan fingerprint density at radius 3 is 2.69 bits per heavy atom. The van der Waals surface area contributed by atoms with Gasteiger partial charge < -0.3 is 14.4 Å². The third kappa shape index (κ3) is 3.71. The summed E-state index contributed by atoms with van der Waals surface area (Å²) in [4.78, 5) is 4.93. The molecule has 2 aliphatic rings. The molecule has 0 unspecified atom stereocenters. The molecule has 4 nitrogen and oxygen atoms in total. The van der Waals surface area contributed by atoms with Crippen LogP contribution in [0, 0.1) is 0 Å². The van der Waals surface area contributed by atoms with E-state index in [4.69, 9.17) is 9.47 Å². The average molecular weight is 352 g/mol. The summed E-state index contributed by atoms with van der Waals surface area (Å²) < 4.78 is 12.1. The molecule has 138 valence electrons. The minimum atomic E-state index is -0.0853. The molecule has 0 amide bonds. The summed E-state index contributed by atoms with van der Waals surface area (Å²) in [5.74, 6) is 1.98. The van der Waals surface area contributed by atoms with Gasteiger partial charge in [-0.15, -0.1) is 0 Å². The van der Waals surface area contributed by atoms with E-state index in [0.29, 0.717) is 0 Å². The van der Waals surface area contributed by atoms with Crippen molar-refractivity contribution < 1.29 is 9.47 Å². The number of fused-ring (bicyclic) bond motifs is 1. The Hall–Kier alpha value is -2.04. The molecule has 0 radical (unpaired) electrons. The van der Waals surface area contributed by atoms with Crippen LogP contribution < -0.4 is 9.47 Å². The molecule has 26 heavy (non-hydrogen) atoms. The van der Waals surface area contributed by atoms with Gasteiger partial charge in [0.05, 0.1) is 7.11 Å². The van der Waals surface area contributed by atoms with Crippen LogP contribution in [0.5, 0.6) is 11.5 Å². The van der Waals surface area contributed by atoms with E-state index in [9.17, 15) is 0 Å². The van der Waals surface area contributed by atoms with Gasteiger partial charge >= 0.3 is 0 Å². The number of piperidine rings is 1. The van der Waals surface area contributed by atoms with Crippen LogP contribution in [0.3, 0.4) is 0 Å². The molecule has 0 atom stereocenters. The summed E-state index contributed by atoms with van der Waals surface area (Å²) >= 11 is 0. The Morgan fingerprint density at radius 2 is 1.88 bits per heavy atom. The van der Waals surface area contributed by atoms with E-state index in [0.717, 1.165) is 57.1 Å². The minimum absolute atomic E-state index is 0.0853. The maximum Gasteiger partial charge on any atom is 0.124 e. The average Bonchev–Trinajstić information content (AvgIpc) is 2.80. The summed E-state index contributed by atoms with van der Waals surface area (Å²) in [6, 6.07) is 16.9. The first kappa shape index (κ1) is 17.4. The molecule has 0 aromatic heterocycles. The van der Waals surface area contributed by atoms with Gasteiger partial charge in [-0.05, 0) is 30.8 Å². The largest absolute Gasteiger partial charge is 0.497 e. The van der Waals surface area contributed by atoms with Gasteiger partial charge in [0, 0.05) is 51.1 Å². The molecule has 2 aromatic rings. The van der Waals surface area contributed by atoms with E-state index >= 15 is 0 Å². The first-order chi connectivity index (χ1) is 12.7. The molecule has 1 saturated heterocycles. The highest BCUT2D eigenvalue weighted by molar-refractivity contribution is 5.35. The van der Waals surface area contributed by atoms with Crippen molar-refractivity contribution in [3.63, 3.8) is 0 Å². The smallest absolute Gasteiger partial charge is 0.124 e. The molecule has 1 spiro atoms. The van der Waals surface area contributed by atoms with Crippen LogP contribution in [0.4, 0.5) is 0 Å². The Balaban J connectivity index is 1.61. The first-order valence-electron chi connectivity index (χ1n) is 9.47. The molecule has 2 heterocycles. The molecule has 0 bridgehead atoms. The lowest BCUT2D eigenvalue weighted by Gasteiger charge is -2.42. The fraction of sp³-hybridized carbons (Fsp3) is 0.455. The number of likely N-dealkylation sites (tertiary alicyclic amines) is 1. The van der Waals surface area contributed by atoms with Crippen molar-refractivity contribution in [1.29, 1.82) is 0 Å². The number of para-hydroxylation sites is 1. The number of benzene rings is 2. The van der Waals surface area contributed by atoms with Gasteiger partial charge in [0.2, 0.25) is 0 Å². The second-order valence-electron chi connectivity index (χ2n) is 7.69. The highest BCUT2D eigenvalue weighted by atomic mass is 16.5. The van der Waals surface area contributed by atoms with Crippen LogP contribution in [0.15, 0.2) is 48.5 Å². The summed E-state index contributed by atoms with van der Waals surface area (Å²) in [5, 5.41) is 0. The predicted octanol–water partition coefficient (Wildman–Crippen LogP) is 3.55. The third-order valence-electron chi connectivity index (χ3n) is 5.64. The third-order valence-corrected chi connectivity index (χ3v) is 5.64. The van der Waals surface area contributed by atoms with Crippen molar-refractivity contribution in [2.75, 3.05) is 33.8 Å². The lowest BCUT2D eigenvalue weighted by atomic mass is 9.90. The molecular formula is C22H28N2O2. The van der Waals surface area contributed by atoms with Crippen LogP contribution in [-0.2, 0) is 13.1 Å². The Kier molecular flexibility index (Phi) is 4.88. The maximum atomic E-state index is 6.65. The summed E-state index contributed by atoms with van der Waals surface area (Å²) in [6.45, 7) is 4.98. The number of hydrogen-bond donors (Lipinski definition) is 0. The van der Waals surface area contributed by atoms with Crippen molar-refractivity contribution >= 4 is 0 Å². The summed E-state index contributed by atoms with van der Waals surface area (Å²) in [7, 11) is 3.92. The van der Waals surface area contributed by atoms with E-state index in [1.54, 1.807) is 7.11 Å². The molecule has 1 fully saturated rings. The van der Waals surface area contributed by atoms with Crippen LogP contribution in [0.2, 0.25) is 0 Å². The lowest BCUT2D eigenvalue weighted by molar-refractivity contribution is -0.0146. The fourth-order valence-electron chi connectivity index (χ4n) is 4.13. The zero-order chi connectivity index (χ0) is 18.0. The lowest BCUT2D eigenvalue weighted by Crippen LogP contribution is -2.52. The zero-order valence-corrected chi connectivity index (χ0v) is 15.8. The normalized spacial score (nSPS) is 20.2. The first-order valence-corrected chi connectivity index (χ1v) is 9.47. The van der Waals surface area contributed by atoms with Gasteiger partial charge in [-0.3, -0.25) is 4.90 Å². The molecule has 0 saturated carbocycles. The molecule has 4 heteroatoms. The highest BCUT2D eigenvalue weighted by Crippen LogP contribution is 2.35. The SMILES string of the molecule is COc1cccc(CN2Cc3ccccc3OC3(CCN(C)CC3)C2)c1. The van der Waals surface area contributed by atoms with Gasteiger partial charge in [-0.25, -0.2) is 0 Å². The number of rotatable bonds is 3. The number of nitrogens with zero attached hydrogens (tertiary/aromatic N) is 2. The quantitative estimate of drug-likeness (QED) is 0.843. The van der Waals surface area contributed by atoms with E-state index < -0.39 is 0 Å². The minimum Gasteiger partial charge on any atom is -0.497 e. The Labute approximate surface area is 156 Å². The van der Waals surface area contributed by atoms with Crippen LogP contribution >= 0.6 is 0 Å². The van der Waals surface area contributed by atoms with Crippen LogP contribution in [0.1, 0.15) is 24.0 Å². The van der Waals surface area contributed by atoms with Crippen LogP contribution in [0.25, 0.3) is 0 Å². The Bertz CT molecular complexity index is 753. The summed E-state index contributed by atoms with van der Waals surface area (Å²) in [6.07, 6.45) is 2.15. The molecule has 2 aromatic carbocycles. The Morgan fingerprint density at radius 1 is 1.08 bits per heavy atom. The van der Waals surface area contributed by atoms with Crippen molar-refractivity contribution in [3.8, 4) is 11.5 Å². The fourth-order valence-corrected chi connectivity index (χ4v) is 4.13.